The van der Waals surface area contributed by atoms with E-state index in [1.54, 1.807) is 121 Å². The Morgan fingerprint density at radius 2 is 0.692 bits per heavy atom. The number of nitriles is 3. The molecule has 5 unspecified atom stereocenters. The molecular formula is C97H100F12N20O. The summed E-state index contributed by atoms with van der Waals surface area (Å²) >= 11 is 0. The first-order valence-corrected chi connectivity index (χ1v) is 41.8. The van der Waals surface area contributed by atoms with Crippen molar-refractivity contribution in [1.29, 1.82) is 15.8 Å². The summed E-state index contributed by atoms with van der Waals surface area (Å²) in [6.45, 7) is 33.7. The minimum absolute atomic E-state index is 0.0926. The number of rotatable bonds is 12. The van der Waals surface area contributed by atoms with E-state index in [9.17, 15) is 73.3 Å². The Kier molecular flexibility index (Phi) is 26.0. The van der Waals surface area contributed by atoms with Gasteiger partial charge in [0.25, 0.3) is 0 Å². The Balaban J connectivity index is 0.000000148. The van der Waals surface area contributed by atoms with E-state index in [1.807, 2.05) is 98.1 Å². The molecule has 1 amide bonds. The van der Waals surface area contributed by atoms with Gasteiger partial charge in [0.2, 0.25) is 35.6 Å². The Labute approximate surface area is 745 Å². The van der Waals surface area contributed by atoms with E-state index in [0.717, 1.165) is 60.0 Å². The van der Waals surface area contributed by atoms with Crippen LogP contribution in [0.1, 0.15) is 172 Å². The third kappa shape index (κ3) is 16.7. The summed E-state index contributed by atoms with van der Waals surface area (Å²) in [6, 6.07) is 38.4. The molecule has 16 rings (SSSR count). The van der Waals surface area contributed by atoms with Crippen LogP contribution in [0.5, 0.6) is 0 Å². The monoisotopic (exact) mass is 1790 g/mol. The standard InChI is InChI=1S/C24H21F3N4.C19H21F3N4O.C19H19F3N4.C18H18F3N5.C17H21N3/c1-15(2)23(18-11-16(3)12-19(13-18)24(25,26)27)20(14-28)21(17-7-5-4-6-8-17)30-22-29-9-10-31(22)23;1-10(2)18(13-7-11(3)8-14(9-13)19(20,21)22)15(16(23)27)12(4)25-17-24-5-6-26(17)18;1-11(2)18(14-7-12(3)8-15(9-14)19(20,21)22)16(10-23)13(4)25-17-24-5-6-26(17)18;1-10(2)17(12-6-11(3)7-13(8-12)18(19,20)21)14(9-22)15(23)25-16-24-4-5-26(16)17;1-12(2)17(15-10-13(3)9-14(4)11-15)5-6-18-16-19-7-8-20(16)17/h4-13,15H,1-3H3,(H,29,30);5-10H,1-4H3,(H2,23,27)(H,24,25);5-9,11H,1-4H3,(H,24,25);4-8,10H,23H2,1-3H3,(H,24,25);5-12H,1-4H3,(H,18,19). The summed E-state index contributed by atoms with van der Waals surface area (Å²) in [4.78, 5) is 33.9. The number of nitrogens with two attached hydrogens (primary N) is 2. The van der Waals surface area contributed by atoms with Crippen molar-refractivity contribution in [2.24, 2.45) is 41.1 Å². The third-order valence-corrected chi connectivity index (χ3v) is 24.5. The van der Waals surface area contributed by atoms with Crippen molar-refractivity contribution in [3.05, 3.63) is 324 Å². The van der Waals surface area contributed by atoms with Crippen LogP contribution in [0.4, 0.5) is 82.4 Å². The van der Waals surface area contributed by atoms with Crippen molar-refractivity contribution in [2.45, 2.75) is 177 Å². The maximum Gasteiger partial charge on any atom is 0.416 e. The Morgan fingerprint density at radius 1 is 0.377 bits per heavy atom. The van der Waals surface area contributed by atoms with E-state index in [-0.39, 0.29) is 46.2 Å². The molecule has 10 heterocycles. The molecule has 0 radical (unpaired) electrons. The fourth-order valence-corrected chi connectivity index (χ4v) is 19.3. The summed E-state index contributed by atoms with van der Waals surface area (Å²) in [7, 11) is 0. The zero-order chi connectivity index (χ0) is 95.4. The lowest BCUT2D eigenvalue weighted by Gasteiger charge is -2.45. The first-order chi connectivity index (χ1) is 61.0. The smallest absolute Gasteiger partial charge is 0.384 e. The lowest BCUT2D eigenvalue weighted by atomic mass is 9.71. The van der Waals surface area contributed by atoms with Crippen molar-refractivity contribution >= 4 is 41.3 Å². The lowest BCUT2D eigenvalue weighted by Crippen LogP contribution is -2.49. The van der Waals surface area contributed by atoms with Gasteiger partial charge in [-0.3, -0.25) is 4.79 Å². The van der Waals surface area contributed by atoms with E-state index >= 15 is 0 Å². The number of fused-ring (bicyclic) bond motifs is 5. The molecule has 0 bridgehead atoms. The number of primary amides is 1. The van der Waals surface area contributed by atoms with E-state index < -0.39 is 75.0 Å². The minimum Gasteiger partial charge on any atom is -0.384 e. The van der Waals surface area contributed by atoms with Crippen molar-refractivity contribution in [3.8, 4) is 18.2 Å². The summed E-state index contributed by atoms with van der Waals surface area (Å²) in [5, 5.41) is 45.3. The van der Waals surface area contributed by atoms with Gasteiger partial charge < -0.3 is 60.9 Å². The van der Waals surface area contributed by atoms with Gasteiger partial charge in [-0.2, -0.15) is 68.5 Å². The Hall–Kier alpha value is -14.0. The molecule has 0 saturated heterocycles. The molecule has 0 saturated carbocycles. The number of nitrogens with one attached hydrogen (secondary N) is 5. The van der Waals surface area contributed by atoms with Gasteiger partial charge in [-0.1, -0.05) is 175 Å². The number of anilines is 5. The number of benzene rings is 6. The molecule has 5 atom stereocenters. The number of hydrogen-bond donors (Lipinski definition) is 7. The molecule has 9 N–H and O–H groups in total. The SMILES string of the molecule is CC1=C(C#N)C(c2cc(C)cc(C(F)(F)F)c2)(C(C)C)n2ccnc2N1.CC1=C(C(N)=O)C(c2cc(C)cc(C(F)(F)F)c2)(C(C)C)n2ccnc2N1.Cc1cc(C(F)(F)F)cc(C2(C(C)C)C(C#N)=C(N)Nc3nccn32)c1.Cc1cc(C(F)(F)F)cc(C2(C(C)C)C(C#N)=C(c3ccccc3)Nc3nccn32)c1.Cc1cc(C)cc(C2(C(C)C)C=CNc3nccn32)c1. The molecule has 0 spiro atoms. The molecule has 11 aromatic rings. The maximum absolute atomic E-state index is 13.7. The summed E-state index contributed by atoms with van der Waals surface area (Å²) in [6.07, 6.45) is 3.13. The van der Waals surface area contributed by atoms with E-state index in [0.29, 0.717) is 102 Å². The van der Waals surface area contributed by atoms with Crippen LogP contribution in [0.3, 0.4) is 0 Å². The molecule has 5 aromatic heterocycles. The van der Waals surface area contributed by atoms with E-state index in [2.05, 4.69) is 132 Å². The predicted octanol–water partition coefficient (Wildman–Crippen LogP) is 22.2. The highest BCUT2D eigenvalue weighted by Gasteiger charge is 2.54. The third-order valence-electron chi connectivity index (χ3n) is 24.5. The second-order valence-electron chi connectivity index (χ2n) is 34.6. The lowest BCUT2D eigenvalue weighted by molar-refractivity contribution is -0.138. The van der Waals surface area contributed by atoms with Crippen LogP contribution in [0.25, 0.3) is 5.70 Å². The number of halogens is 12. The molecule has 678 valence electrons. The zero-order valence-corrected chi connectivity index (χ0v) is 74.8. The number of imidazole rings is 5. The molecular weight excluding hydrogens is 1690 g/mol. The van der Waals surface area contributed by atoms with Crippen LogP contribution in [0.2, 0.25) is 0 Å². The van der Waals surface area contributed by atoms with Gasteiger partial charge in [0.05, 0.1) is 62.3 Å². The number of aryl methyl sites for hydroxylation is 6. The fourth-order valence-electron chi connectivity index (χ4n) is 19.3. The number of carbonyl (C=O) groups excluding carboxylic acids is 1. The molecule has 0 aliphatic carbocycles. The number of aromatic nitrogens is 10. The largest absolute Gasteiger partial charge is 0.416 e. The van der Waals surface area contributed by atoms with Gasteiger partial charge in [0, 0.05) is 79.6 Å². The van der Waals surface area contributed by atoms with Gasteiger partial charge in [-0.15, -0.1) is 0 Å². The fraction of sp³-hybridized carbons (Fsp3) is 0.330. The van der Waals surface area contributed by atoms with Crippen LogP contribution >= 0.6 is 0 Å². The number of alkyl halides is 12. The van der Waals surface area contributed by atoms with Crippen LogP contribution in [-0.2, 0) is 57.2 Å². The van der Waals surface area contributed by atoms with Crippen molar-refractivity contribution in [1.82, 2.24) is 47.8 Å². The topological polar surface area (TPSA) is 290 Å². The second kappa shape index (κ2) is 35.5. The predicted molar refractivity (Wildman–Crippen MR) is 475 cm³/mol. The van der Waals surface area contributed by atoms with Crippen molar-refractivity contribution in [3.63, 3.8) is 0 Å². The first-order valence-electron chi connectivity index (χ1n) is 41.8. The highest BCUT2D eigenvalue weighted by atomic mass is 19.4. The number of nitrogens with zero attached hydrogens (tertiary/aromatic N) is 13. The average molecular weight is 1790 g/mol. The molecule has 5 aliphatic rings. The van der Waals surface area contributed by atoms with Gasteiger partial charge >= 0.3 is 24.7 Å². The molecule has 5 aliphatic heterocycles. The van der Waals surface area contributed by atoms with Crippen molar-refractivity contribution in [2.75, 3.05) is 26.6 Å². The highest BCUT2D eigenvalue weighted by molar-refractivity contribution is 5.97. The molecule has 0 fully saturated rings. The van der Waals surface area contributed by atoms with E-state index in [4.69, 9.17) is 11.5 Å². The maximum atomic E-state index is 13.7. The first kappa shape index (κ1) is 95.1. The zero-order valence-electron chi connectivity index (χ0n) is 74.8. The average Bonchev–Trinajstić information content (AvgIpc) is 1.31. The molecule has 6 aromatic carbocycles. The quantitative estimate of drug-likeness (QED) is 0.0560. The van der Waals surface area contributed by atoms with Gasteiger partial charge in [-0.05, 0) is 173 Å². The van der Waals surface area contributed by atoms with Gasteiger partial charge in [-0.25, -0.2) is 24.9 Å². The molecule has 21 nitrogen and oxygen atoms in total. The number of amides is 1. The van der Waals surface area contributed by atoms with Crippen molar-refractivity contribution < 1.29 is 57.5 Å². The number of hydrogen-bond acceptors (Lipinski definition) is 15. The highest BCUT2D eigenvalue weighted by Crippen LogP contribution is 2.54. The van der Waals surface area contributed by atoms with Crippen LogP contribution in [0.15, 0.2) is 235 Å². The van der Waals surface area contributed by atoms with Gasteiger partial charge in [0.15, 0.2) is 0 Å². The Morgan fingerprint density at radius 3 is 1.05 bits per heavy atom. The summed E-state index contributed by atoms with van der Waals surface area (Å²) in [5.74, 6) is 1.54. The Bertz CT molecular complexity index is 6280. The van der Waals surface area contributed by atoms with E-state index in [1.165, 1.54) is 29.1 Å². The van der Waals surface area contributed by atoms with Crippen LogP contribution in [0, 0.1) is 105 Å². The summed E-state index contributed by atoms with van der Waals surface area (Å²) in [5.41, 5.74) is 14.8. The van der Waals surface area contributed by atoms with Gasteiger partial charge in [0.1, 0.15) is 39.6 Å². The second-order valence-corrected chi connectivity index (χ2v) is 34.6. The normalized spacial score (nSPS) is 19.7. The number of allylic oxidation sites excluding steroid dienone is 6. The number of carbonyl (C=O) groups is 1. The molecule has 130 heavy (non-hydrogen) atoms. The van der Waals surface area contributed by atoms with Crippen LogP contribution < -0.4 is 38.1 Å². The minimum atomic E-state index is -4.50. The summed E-state index contributed by atoms with van der Waals surface area (Å²) < 4.78 is 171. The van der Waals surface area contributed by atoms with Crippen LogP contribution in [-0.4, -0.2) is 53.7 Å². The molecule has 33 heteroatoms.